The Bertz CT molecular complexity index is 744. The average Bonchev–Trinajstić information content (AvgIpc) is 2.89. The molecule has 1 aliphatic heterocycles. The van der Waals surface area contributed by atoms with E-state index in [0.717, 1.165) is 42.4 Å². The van der Waals surface area contributed by atoms with Crippen LogP contribution in [-0.4, -0.2) is 21.4 Å². The Morgan fingerprint density at radius 2 is 2.00 bits per heavy atom. The van der Waals surface area contributed by atoms with Crippen LogP contribution in [-0.2, 0) is 13.0 Å². The van der Waals surface area contributed by atoms with Gasteiger partial charge in [0, 0.05) is 18.5 Å². The van der Waals surface area contributed by atoms with E-state index < -0.39 is 0 Å². The lowest BCUT2D eigenvalue weighted by Gasteiger charge is -2.15. The summed E-state index contributed by atoms with van der Waals surface area (Å²) >= 11 is 0. The number of rotatable bonds is 6. The molecule has 0 atom stereocenters. The molecule has 25 heavy (non-hydrogen) atoms. The molecule has 1 aromatic carbocycles. The largest absolute Gasteiger partial charge is 0.489 e. The molecule has 4 nitrogen and oxygen atoms in total. The predicted molar refractivity (Wildman–Crippen MR) is 102 cm³/mol. The molecule has 0 N–H and O–H groups in total. The second-order valence-corrected chi connectivity index (χ2v) is 6.34. The highest BCUT2D eigenvalue weighted by molar-refractivity contribution is 5.75. The lowest BCUT2D eigenvalue weighted by atomic mass is 10.0. The van der Waals surface area contributed by atoms with Crippen LogP contribution in [0, 0.1) is 0 Å². The minimum absolute atomic E-state index is 0.541. The summed E-state index contributed by atoms with van der Waals surface area (Å²) in [6.45, 7) is 5.77. The smallest absolute Gasteiger partial charge is 0.164 e. The molecule has 0 fully saturated rings. The molecule has 3 rings (SSSR count). The SMILES string of the molecule is C/C=C(\C(=C/CC)COc1ccccc1)c1nnc2n1CCCCC2. The number of allylic oxidation sites excluding steroid dienone is 2. The summed E-state index contributed by atoms with van der Waals surface area (Å²) < 4.78 is 8.30. The van der Waals surface area contributed by atoms with Crippen LogP contribution >= 0.6 is 0 Å². The summed E-state index contributed by atoms with van der Waals surface area (Å²) in [5.74, 6) is 2.99. The summed E-state index contributed by atoms with van der Waals surface area (Å²) in [6, 6.07) is 9.96. The van der Waals surface area contributed by atoms with E-state index >= 15 is 0 Å². The highest BCUT2D eigenvalue weighted by atomic mass is 16.5. The molecule has 1 aliphatic rings. The Hall–Kier alpha value is -2.36. The first-order valence-electron chi connectivity index (χ1n) is 9.29. The molecule has 4 heteroatoms. The Kier molecular flexibility index (Phi) is 6.04. The number of para-hydroxylation sites is 1. The molecule has 1 aromatic heterocycles. The zero-order valence-electron chi connectivity index (χ0n) is 15.2. The Labute approximate surface area is 150 Å². The zero-order chi connectivity index (χ0) is 17.5. The second-order valence-electron chi connectivity index (χ2n) is 6.34. The van der Waals surface area contributed by atoms with Crippen molar-refractivity contribution in [1.29, 1.82) is 0 Å². The summed E-state index contributed by atoms with van der Waals surface area (Å²) in [5, 5.41) is 8.97. The van der Waals surface area contributed by atoms with E-state index in [4.69, 9.17) is 4.74 Å². The third-order valence-electron chi connectivity index (χ3n) is 4.57. The molecule has 0 aliphatic carbocycles. The summed E-state index contributed by atoms with van der Waals surface area (Å²) in [7, 11) is 0. The van der Waals surface area contributed by atoms with Crippen molar-refractivity contribution in [3.63, 3.8) is 0 Å². The minimum Gasteiger partial charge on any atom is -0.489 e. The van der Waals surface area contributed by atoms with E-state index in [0.29, 0.717) is 6.61 Å². The van der Waals surface area contributed by atoms with E-state index in [1.54, 1.807) is 0 Å². The summed E-state index contributed by atoms with van der Waals surface area (Å²) in [4.78, 5) is 0. The maximum Gasteiger partial charge on any atom is 0.164 e. The lowest BCUT2D eigenvalue weighted by Crippen LogP contribution is -2.10. The minimum atomic E-state index is 0.541. The number of ether oxygens (including phenoxy) is 1. The molecule has 0 saturated carbocycles. The van der Waals surface area contributed by atoms with Crippen LogP contribution in [0.25, 0.3) is 5.57 Å². The van der Waals surface area contributed by atoms with E-state index in [2.05, 4.69) is 40.8 Å². The number of aromatic nitrogens is 3. The van der Waals surface area contributed by atoms with Gasteiger partial charge in [-0.3, -0.25) is 0 Å². The molecular formula is C21H27N3O. The maximum atomic E-state index is 6.00. The number of benzene rings is 1. The van der Waals surface area contributed by atoms with Crippen LogP contribution in [0.3, 0.4) is 0 Å². The monoisotopic (exact) mass is 337 g/mol. The van der Waals surface area contributed by atoms with Crippen molar-refractivity contribution in [3.05, 3.63) is 59.7 Å². The molecule has 132 valence electrons. The van der Waals surface area contributed by atoms with Gasteiger partial charge in [-0.05, 0) is 43.9 Å². The van der Waals surface area contributed by atoms with E-state index in [9.17, 15) is 0 Å². The van der Waals surface area contributed by atoms with Crippen LogP contribution in [0.1, 0.15) is 51.2 Å². The van der Waals surface area contributed by atoms with Crippen molar-refractivity contribution in [1.82, 2.24) is 14.8 Å². The third kappa shape index (κ3) is 4.19. The molecule has 0 amide bonds. The van der Waals surface area contributed by atoms with Gasteiger partial charge in [0.2, 0.25) is 0 Å². The molecule has 2 heterocycles. The molecule has 0 saturated heterocycles. The van der Waals surface area contributed by atoms with Crippen molar-refractivity contribution in [3.8, 4) is 5.75 Å². The van der Waals surface area contributed by atoms with E-state index in [1.807, 2.05) is 30.3 Å². The van der Waals surface area contributed by atoms with Crippen LogP contribution in [0.15, 0.2) is 48.1 Å². The molecular weight excluding hydrogens is 310 g/mol. The number of aryl methyl sites for hydroxylation is 1. The first-order chi connectivity index (χ1) is 12.3. The fourth-order valence-electron chi connectivity index (χ4n) is 3.31. The van der Waals surface area contributed by atoms with E-state index in [-0.39, 0.29) is 0 Å². The first kappa shape index (κ1) is 17.5. The van der Waals surface area contributed by atoms with Crippen molar-refractivity contribution < 1.29 is 4.74 Å². The van der Waals surface area contributed by atoms with Gasteiger partial charge in [-0.15, -0.1) is 10.2 Å². The molecule has 0 radical (unpaired) electrons. The fraction of sp³-hybridized carbons (Fsp3) is 0.429. The Morgan fingerprint density at radius 3 is 2.76 bits per heavy atom. The quantitative estimate of drug-likeness (QED) is 0.709. The molecule has 0 unspecified atom stereocenters. The van der Waals surface area contributed by atoms with Gasteiger partial charge in [-0.25, -0.2) is 0 Å². The zero-order valence-corrected chi connectivity index (χ0v) is 15.2. The topological polar surface area (TPSA) is 39.9 Å². The number of nitrogens with zero attached hydrogens (tertiary/aromatic N) is 3. The normalized spacial score (nSPS) is 15.6. The fourth-order valence-corrected chi connectivity index (χ4v) is 3.31. The Balaban J connectivity index is 1.84. The summed E-state index contributed by atoms with van der Waals surface area (Å²) in [6.07, 6.45) is 10.0. The lowest BCUT2D eigenvalue weighted by molar-refractivity contribution is 0.356. The standard InChI is InChI=1S/C21H27N3O/c1-3-11-17(16-25-18-12-7-5-8-13-18)19(4-2)21-23-22-20-14-9-6-10-15-24(20)21/h4-5,7-8,11-13H,3,6,9-10,14-16H2,1-2H3/b17-11-,19-4+. The molecule has 0 bridgehead atoms. The van der Waals surface area contributed by atoms with Crippen molar-refractivity contribution in [2.24, 2.45) is 0 Å². The van der Waals surface area contributed by atoms with Gasteiger partial charge in [-0.2, -0.15) is 0 Å². The van der Waals surface area contributed by atoms with Crippen LogP contribution < -0.4 is 4.74 Å². The summed E-state index contributed by atoms with van der Waals surface area (Å²) in [5.41, 5.74) is 2.31. The van der Waals surface area contributed by atoms with Gasteiger partial charge in [0.15, 0.2) is 5.82 Å². The van der Waals surface area contributed by atoms with Crippen molar-refractivity contribution in [2.45, 2.75) is 52.5 Å². The van der Waals surface area contributed by atoms with Crippen molar-refractivity contribution >= 4 is 5.57 Å². The van der Waals surface area contributed by atoms with Crippen LogP contribution in [0.5, 0.6) is 5.75 Å². The van der Waals surface area contributed by atoms with Gasteiger partial charge >= 0.3 is 0 Å². The molecule has 2 aromatic rings. The first-order valence-corrected chi connectivity index (χ1v) is 9.29. The van der Waals surface area contributed by atoms with E-state index in [1.165, 1.54) is 24.8 Å². The van der Waals surface area contributed by atoms with Gasteiger partial charge < -0.3 is 9.30 Å². The van der Waals surface area contributed by atoms with Gasteiger partial charge in [-0.1, -0.05) is 43.7 Å². The molecule has 0 spiro atoms. The Morgan fingerprint density at radius 1 is 1.16 bits per heavy atom. The second kappa shape index (κ2) is 8.65. The highest BCUT2D eigenvalue weighted by Gasteiger charge is 2.19. The number of fused-ring (bicyclic) bond motifs is 1. The highest BCUT2D eigenvalue weighted by Crippen LogP contribution is 2.26. The van der Waals surface area contributed by atoms with Crippen LogP contribution in [0.2, 0.25) is 0 Å². The van der Waals surface area contributed by atoms with Crippen LogP contribution in [0.4, 0.5) is 0 Å². The van der Waals surface area contributed by atoms with Crippen molar-refractivity contribution in [2.75, 3.05) is 6.61 Å². The number of hydrogen-bond donors (Lipinski definition) is 0. The average molecular weight is 337 g/mol. The van der Waals surface area contributed by atoms with Gasteiger partial charge in [0.1, 0.15) is 18.2 Å². The predicted octanol–water partition coefficient (Wildman–Crippen LogP) is 4.82. The third-order valence-corrected chi connectivity index (χ3v) is 4.57. The number of hydrogen-bond acceptors (Lipinski definition) is 3. The maximum absolute atomic E-state index is 6.00. The van der Waals surface area contributed by atoms with Gasteiger partial charge in [0.05, 0.1) is 0 Å². The van der Waals surface area contributed by atoms with Gasteiger partial charge in [0.25, 0.3) is 0 Å².